The van der Waals surface area contributed by atoms with Gasteiger partial charge in [-0.05, 0) is 50.7 Å². The molecule has 2 saturated carbocycles. The Balaban J connectivity index is 1.23. The number of ether oxygens (including phenoxy) is 2. The number of nitrogens with two attached hydrogens (primary N) is 1. The number of fused-ring (bicyclic) bond motifs is 1. The zero-order chi connectivity index (χ0) is 27.7. The molecule has 0 atom stereocenters. The Morgan fingerprint density at radius 3 is 2.52 bits per heavy atom. The number of anilines is 1. The second kappa shape index (κ2) is 11.2. The van der Waals surface area contributed by atoms with Gasteiger partial charge >= 0.3 is 0 Å². The highest BCUT2D eigenvalue weighted by Gasteiger charge is 2.38. The molecule has 1 saturated heterocycles. The first-order valence-corrected chi connectivity index (χ1v) is 14.1. The van der Waals surface area contributed by atoms with E-state index in [1.165, 1.54) is 4.57 Å². The minimum atomic E-state index is -2.79. The monoisotopic (exact) mass is 555 g/mol. The fraction of sp³-hybridized carbons (Fsp3) is 0.571. The summed E-state index contributed by atoms with van der Waals surface area (Å²) in [6.07, 6.45) is 3.52. The van der Waals surface area contributed by atoms with E-state index in [0.29, 0.717) is 49.2 Å². The second-order valence-electron chi connectivity index (χ2n) is 11.0. The molecule has 2 aromatic heterocycles. The van der Waals surface area contributed by atoms with Gasteiger partial charge in [-0.1, -0.05) is 25.0 Å². The molecule has 1 aliphatic heterocycles. The molecule has 12 heteroatoms. The van der Waals surface area contributed by atoms with Crippen molar-refractivity contribution in [2.45, 2.75) is 75.5 Å². The Labute approximate surface area is 231 Å². The van der Waals surface area contributed by atoms with E-state index in [-0.39, 0.29) is 29.7 Å². The summed E-state index contributed by atoms with van der Waals surface area (Å²) in [4.78, 5) is 28.3. The number of amides is 1. The SMILES string of the molecule is NC1(C(=O)NC2CCC(Oc3cc(-n4c(C(F)F)nc5ccccc54)nc(N4CCOCC4)n3)CC2)CCCC1. The van der Waals surface area contributed by atoms with Crippen LogP contribution in [0.3, 0.4) is 0 Å². The third kappa shape index (κ3) is 5.46. The number of hydrogen-bond acceptors (Lipinski definition) is 8. The number of aromatic nitrogens is 4. The number of halogens is 2. The number of rotatable bonds is 7. The number of nitrogens with zero attached hydrogens (tertiary/aromatic N) is 5. The van der Waals surface area contributed by atoms with Crippen LogP contribution in [0.5, 0.6) is 5.88 Å². The van der Waals surface area contributed by atoms with Gasteiger partial charge in [-0.3, -0.25) is 9.36 Å². The summed E-state index contributed by atoms with van der Waals surface area (Å²) in [6.45, 7) is 2.23. The minimum absolute atomic E-state index is 0.0487. The van der Waals surface area contributed by atoms with Crippen LogP contribution in [0.1, 0.15) is 63.6 Å². The van der Waals surface area contributed by atoms with Gasteiger partial charge in [0.15, 0.2) is 5.82 Å². The fourth-order valence-corrected chi connectivity index (χ4v) is 5.97. The Hall–Kier alpha value is -3.38. The average molecular weight is 556 g/mol. The molecule has 0 radical (unpaired) electrons. The maximum absolute atomic E-state index is 14.1. The lowest BCUT2D eigenvalue weighted by Gasteiger charge is -2.32. The second-order valence-corrected chi connectivity index (χ2v) is 11.0. The first kappa shape index (κ1) is 26.8. The van der Waals surface area contributed by atoms with Gasteiger partial charge in [0.05, 0.1) is 29.8 Å². The Kier molecular flexibility index (Phi) is 7.54. The summed E-state index contributed by atoms with van der Waals surface area (Å²) >= 11 is 0. The topological polar surface area (TPSA) is 120 Å². The Bertz CT molecular complexity index is 1350. The highest BCUT2D eigenvalue weighted by atomic mass is 19.3. The van der Waals surface area contributed by atoms with Gasteiger partial charge in [0.1, 0.15) is 11.9 Å². The van der Waals surface area contributed by atoms with Gasteiger partial charge in [-0.25, -0.2) is 13.8 Å². The number of benzene rings is 1. The van der Waals surface area contributed by atoms with Crippen LogP contribution in [0.4, 0.5) is 14.7 Å². The molecule has 3 aliphatic rings. The summed E-state index contributed by atoms with van der Waals surface area (Å²) in [5.74, 6) is 0.576. The number of carbonyl (C=O) groups is 1. The van der Waals surface area contributed by atoms with Crippen molar-refractivity contribution in [2.24, 2.45) is 5.73 Å². The normalized spacial score (nSPS) is 23.1. The van der Waals surface area contributed by atoms with E-state index < -0.39 is 12.0 Å². The summed E-state index contributed by atoms with van der Waals surface area (Å²) in [6, 6.07) is 8.67. The van der Waals surface area contributed by atoms with E-state index in [1.54, 1.807) is 30.3 Å². The highest BCUT2D eigenvalue weighted by molar-refractivity contribution is 5.86. The minimum Gasteiger partial charge on any atom is -0.474 e. The highest BCUT2D eigenvalue weighted by Crippen LogP contribution is 2.32. The lowest BCUT2D eigenvalue weighted by Crippen LogP contribution is -2.55. The van der Waals surface area contributed by atoms with Gasteiger partial charge in [-0.2, -0.15) is 9.97 Å². The Morgan fingerprint density at radius 1 is 1.07 bits per heavy atom. The molecular formula is C28H35F2N7O3. The zero-order valence-corrected chi connectivity index (χ0v) is 22.4. The molecule has 6 rings (SSSR count). The van der Waals surface area contributed by atoms with Crippen LogP contribution < -0.4 is 20.7 Å². The van der Waals surface area contributed by atoms with Crippen LogP contribution in [-0.4, -0.2) is 69.4 Å². The van der Waals surface area contributed by atoms with Gasteiger partial charge < -0.3 is 25.4 Å². The predicted molar refractivity (Wildman–Crippen MR) is 145 cm³/mol. The smallest absolute Gasteiger partial charge is 0.296 e. The maximum Gasteiger partial charge on any atom is 0.296 e. The number of para-hydroxylation sites is 2. The number of morpholine rings is 1. The average Bonchev–Trinajstić information content (AvgIpc) is 3.59. The van der Waals surface area contributed by atoms with Crippen molar-refractivity contribution in [3.63, 3.8) is 0 Å². The van der Waals surface area contributed by atoms with E-state index in [4.69, 9.17) is 15.2 Å². The van der Waals surface area contributed by atoms with Crippen LogP contribution in [-0.2, 0) is 9.53 Å². The van der Waals surface area contributed by atoms with E-state index in [0.717, 1.165) is 51.4 Å². The molecule has 1 aromatic carbocycles. The van der Waals surface area contributed by atoms with Crippen molar-refractivity contribution in [3.05, 3.63) is 36.2 Å². The van der Waals surface area contributed by atoms with Crippen molar-refractivity contribution in [1.29, 1.82) is 0 Å². The largest absolute Gasteiger partial charge is 0.474 e. The van der Waals surface area contributed by atoms with Crippen LogP contribution in [0.25, 0.3) is 16.9 Å². The van der Waals surface area contributed by atoms with Gasteiger partial charge in [-0.15, -0.1) is 0 Å². The lowest BCUT2D eigenvalue weighted by atomic mass is 9.91. The molecular weight excluding hydrogens is 520 g/mol. The summed E-state index contributed by atoms with van der Waals surface area (Å²) in [7, 11) is 0. The van der Waals surface area contributed by atoms with Crippen LogP contribution in [0, 0.1) is 0 Å². The number of nitrogens with one attached hydrogen (secondary N) is 1. The predicted octanol–water partition coefficient (Wildman–Crippen LogP) is 3.67. The zero-order valence-electron chi connectivity index (χ0n) is 22.4. The van der Waals surface area contributed by atoms with Crippen LogP contribution in [0.2, 0.25) is 0 Å². The summed E-state index contributed by atoms with van der Waals surface area (Å²) in [5.41, 5.74) is 6.58. The summed E-state index contributed by atoms with van der Waals surface area (Å²) < 4.78 is 41.4. The molecule has 3 N–H and O–H groups in total. The quantitative estimate of drug-likeness (QED) is 0.453. The molecule has 0 unspecified atom stereocenters. The van der Waals surface area contributed by atoms with E-state index >= 15 is 0 Å². The molecule has 0 spiro atoms. The molecule has 40 heavy (non-hydrogen) atoms. The fourth-order valence-electron chi connectivity index (χ4n) is 5.97. The molecule has 1 amide bonds. The van der Waals surface area contributed by atoms with Gasteiger partial charge in [0.25, 0.3) is 6.43 Å². The van der Waals surface area contributed by atoms with Gasteiger partial charge in [0.2, 0.25) is 17.7 Å². The lowest BCUT2D eigenvalue weighted by molar-refractivity contribution is -0.127. The number of hydrogen-bond donors (Lipinski definition) is 2. The van der Waals surface area contributed by atoms with Crippen molar-refractivity contribution in [2.75, 3.05) is 31.2 Å². The third-order valence-electron chi connectivity index (χ3n) is 8.23. The molecule has 0 bridgehead atoms. The van der Waals surface area contributed by atoms with Crippen molar-refractivity contribution >= 4 is 22.9 Å². The van der Waals surface area contributed by atoms with Crippen molar-refractivity contribution in [3.8, 4) is 11.7 Å². The number of alkyl halides is 2. The third-order valence-corrected chi connectivity index (χ3v) is 8.23. The number of imidazole rings is 1. The van der Waals surface area contributed by atoms with E-state index in [9.17, 15) is 13.6 Å². The maximum atomic E-state index is 14.1. The van der Waals surface area contributed by atoms with E-state index in [1.807, 2.05) is 4.90 Å². The van der Waals surface area contributed by atoms with Crippen molar-refractivity contribution in [1.82, 2.24) is 24.8 Å². The standard InChI is InChI=1S/C28H35F2N7O3/c29-24(30)25-33-20-5-1-2-6-21(20)37(25)22-17-23(35-27(34-22)36-13-15-39-16-14-36)40-19-9-7-18(8-10-19)32-26(38)28(31)11-3-4-12-28/h1-2,5-6,17-19,24H,3-4,7-16,31H2,(H,32,38). The molecule has 214 valence electrons. The first-order chi connectivity index (χ1) is 19.4. The van der Waals surface area contributed by atoms with Crippen LogP contribution in [0.15, 0.2) is 30.3 Å². The molecule has 10 nitrogen and oxygen atoms in total. The first-order valence-electron chi connectivity index (χ1n) is 14.1. The number of carbonyl (C=O) groups excluding carboxylic acids is 1. The summed E-state index contributed by atoms with van der Waals surface area (Å²) in [5, 5.41) is 3.15. The Morgan fingerprint density at radius 2 is 1.80 bits per heavy atom. The molecule has 3 fully saturated rings. The van der Waals surface area contributed by atoms with E-state index in [2.05, 4.69) is 20.3 Å². The molecule has 2 aliphatic carbocycles. The van der Waals surface area contributed by atoms with Gasteiger partial charge in [0, 0.05) is 25.2 Å². The van der Waals surface area contributed by atoms with Crippen LogP contribution >= 0.6 is 0 Å². The molecule has 3 aromatic rings. The van der Waals surface area contributed by atoms with Crippen molar-refractivity contribution < 1.29 is 23.0 Å². The molecule has 3 heterocycles.